The molecule has 0 amide bonds. The molecule has 11 aromatic carbocycles. The van der Waals surface area contributed by atoms with Crippen molar-refractivity contribution >= 4 is 79.8 Å². The number of anilines is 4. The number of ketones is 4. The van der Waals surface area contributed by atoms with Gasteiger partial charge in [-0.3, -0.25) is 54.3 Å². The molecule has 0 atom stereocenters. The van der Waals surface area contributed by atoms with Crippen LogP contribution in [-0.4, -0.2) is 43.1 Å². The summed E-state index contributed by atoms with van der Waals surface area (Å²) in [5.41, 5.74) is 37.6. The summed E-state index contributed by atoms with van der Waals surface area (Å²) in [4.78, 5) is 90.6. The van der Waals surface area contributed by atoms with E-state index in [1.165, 1.54) is 72.8 Å². The number of benzene rings is 11. The Morgan fingerprint density at radius 1 is 0.248 bits per heavy atom. The molecule has 8 N–H and O–H groups in total. The van der Waals surface area contributed by atoms with E-state index in [4.69, 9.17) is 34.5 Å². The van der Waals surface area contributed by atoms with E-state index in [2.05, 4.69) is 0 Å². The maximum Gasteiger partial charge on any atom is 0.269 e. The van der Waals surface area contributed by atoms with Gasteiger partial charge >= 0.3 is 0 Å². The first-order valence-corrected chi connectivity index (χ1v) is 36.4. The van der Waals surface area contributed by atoms with Gasteiger partial charge in [0.25, 0.3) is 22.3 Å². The van der Waals surface area contributed by atoms with Gasteiger partial charge in [0.2, 0.25) is 0 Å². The topological polar surface area (TPSA) is 319 Å². The zero-order chi connectivity index (χ0) is 81.3. The Morgan fingerprint density at radius 3 is 0.541 bits per heavy atom. The van der Waals surface area contributed by atoms with E-state index in [1.807, 2.05) is 243 Å². The van der Waals surface area contributed by atoms with E-state index in [9.17, 15) is 54.3 Å². The first-order valence-electron chi connectivity index (χ1n) is 36.0. The largest absolute Gasteiger partial charge is 0.399 e. The van der Waals surface area contributed by atoms with Crippen molar-refractivity contribution in [2.45, 2.75) is 123 Å². The first-order chi connectivity index (χ1) is 52.1. The number of nitrogens with two attached hydrogens (primary N) is 4. The third kappa shape index (κ3) is 34.0. The molecule has 0 aromatic heterocycles. The molecule has 0 bridgehead atoms. The molecule has 0 aliphatic carbocycles. The minimum atomic E-state index is -0.620. The van der Waals surface area contributed by atoms with Crippen molar-refractivity contribution in [1.29, 1.82) is 0 Å². The summed E-state index contributed by atoms with van der Waals surface area (Å²) in [5, 5.41) is 31.1. The first kappa shape index (κ1) is 97.1. The number of hydrogen-bond donors (Lipinski definition) is 4. The zero-order valence-electron chi connectivity index (χ0n) is 65.0. The Morgan fingerprint density at radius 2 is 0.385 bits per heavy atom. The second-order valence-corrected chi connectivity index (χ2v) is 21.7. The van der Waals surface area contributed by atoms with Crippen LogP contribution in [0.3, 0.4) is 0 Å². The number of nitrogen functional groups attached to an aromatic ring is 4. The Kier molecular flexibility index (Phi) is 48.7. The Balaban J connectivity index is 0.00000144. The minimum absolute atomic E-state index is 0. The maximum absolute atomic E-state index is 12.5. The van der Waals surface area contributed by atoms with Crippen molar-refractivity contribution in [2.75, 3.05) is 22.9 Å². The number of halogens is 1. The monoisotopic (exact) mass is 1540 g/mol. The van der Waals surface area contributed by atoms with Gasteiger partial charge in [-0.2, -0.15) is 0 Å². The molecule has 0 heterocycles. The summed E-state index contributed by atoms with van der Waals surface area (Å²) in [6, 6.07) is 76.8. The number of Topliss-reactive ketones (excluding diaryl/α,β-unsaturated/α-hetero) is 4. The van der Waals surface area contributed by atoms with Crippen LogP contribution >= 0.6 is 11.6 Å². The van der Waals surface area contributed by atoms with Gasteiger partial charge in [-0.1, -0.05) is 218 Å². The summed E-state index contributed by atoms with van der Waals surface area (Å²) in [6.07, 6.45) is 1.05. The van der Waals surface area contributed by atoms with E-state index < -0.39 is 20.0 Å². The molecule has 11 aromatic rings. The quantitative estimate of drug-likeness (QED) is 0.0146. The van der Waals surface area contributed by atoms with Crippen molar-refractivity contribution in [3.8, 4) is 33.4 Å². The molecule has 568 valence electrons. The maximum atomic E-state index is 12.5. The molecule has 0 aliphatic rings. The fourth-order valence-electron chi connectivity index (χ4n) is 9.35. The number of carbonyl (C=O) groups is 5. The van der Waals surface area contributed by atoms with Crippen molar-refractivity contribution in [2.24, 2.45) is 0 Å². The van der Waals surface area contributed by atoms with Crippen LogP contribution < -0.4 is 22.9 Å². The number of non-ortho nitro benzene ring substituents is 3. The molecule has 18 nitrogen and oxygen atoms in total. The number of carbonyl (C=O) groups excluding carboxylic acids is 5. The molecule has 109 heavy (non-hydrogen) atoms. The number of nitrogens with zero attached hydrogens (tertiary/aromatic N) is 3. The normalized spacial score (nSPS) is 9.31. The molecular weight excluding hydrogens is 1440 g/mol. The van der Waals surface area contributed by atoms with Crippen LogP contribution in [0.1, 0.15) is 171 Å². The third-order valence-electron chi connectivity index (χ3n) is 14.7. The smallest absolute Gasteiger partial charge is 0.269 e. The van der Waals surface area contributed by atoms with Gasteiger partial charge in [0.1, 0.15) is 0 Å². The van der Waals surface area contributed by atoms with Crippen LogP contribution in [0.25, 0.3) is 33.4 Å². The second kappa shape index (κ2) is 54.6. The van der Waals surface area contributed by atoms with Crippen LogP contribution in [0.4, 0.5) is 39.8 Å². The average molecular weight is 1550 g/mol. The Bertz CT molecular complexity index is 4180. The number of rotatable bonds is 19. The molecule has 0 saturated heterocycles. The molecule has 20 heteroatoms. The van der Waals surface area contributed by atoms with Crippen molar-refractivity contribution < 1.29 is 58.2 Å². The van der Waals surface area contributed by atoms with Gasteiger partial charge in [-0.05, 0) is 176 Å². The Hall–Kier alpha value is -11.9. The van der Waals surface area contributed by atoms with Gasteiger partial charge < -0.3 is 22.9 Å². The number of nitro groups is 3. The average Bonchev–Trinajstić information content (AvgIpc) is 0.836. The van der Waals surface area contributed by atoms with Crippen LogP contribution in [0.2, 0.25) is 0 Å². The molecule has 0 fully saturated rings. The second-order valence-electron chi connectivity index (χ2n) is 21.4. The fraction of sp³-hybridized carbons (Fsp3) is 0.202. The van der Waals surface area contributed by atoms with E-state index in [1.54, 1.807) is 48.5 Å². The minimum Gasteiger partial charge on any atom is -0.399 e. The SMILES string of the molecule is CC.CC.CC.CC.CC.CC.CC.Nc1ccc(-c2ccc(N)cc2)cc1.Nc1ccc(C(=O)Cc2ccc(-c3ccc(CC(=O)c4ccc(N)cc4)cc3)cc2)cc1.O=C(Cc1ccc(-c2ccc(CC(=O)c3ccc([N+](=O)[O-])cc3)cc2)cc1)c1ccc([N+](=O)[O-])cc1.O=C(Cl)c1ccc([N+](=O)[O-])cc1.[Zn]. The summed E-state index contributed by atoms with van der Waals surface area (Å²) in [6.45, 7) is 28.0. The van der Waals surface area contributed by atoms with Gasteiger partial charge in [0, 0.05) is 132 Å². The summed E-state index contributed by atoms with van der Waals surface area (Å²) in [5.74, 6) is -0.125. The standard InChI is InChI=1S/C28H20N2O6.C28H24N2O2.C12H12N2.C7H4ClNO3.7C2H6.Zn/c31-27(23-9-13-25(14-10-23)29(33)34)17-19-1-5-21(6-2-19)22-7-3-20(4-8-22)18-28(32)24-11-15-26(16-12-24)30(35)36;29-25-13-9-23(10-14-25)27(31)17-19-1-5-21(6-2-19)22-7-3-20(4-8-22)18-28(32)24-11-15-26(30)16-12-24;13-11-5-1-9(2-6-11)10-3-7-12(14)8-4-10;8-7(10)5-1-3-6(4-2-5)9(11)12;7*1-2;/h1-16H,17-18H2;1-16H,17-18,29-30H2;1-8H,13-14H2;1-4H;7*1-2H3;. The molecule has 0 saturated carbocycles. The molecular formula is C89H102ClN7O11Zn. The summed E-state index contributed by atoms with van der Waals surface area (Å²) >= 11 is 5.13. The molecule has 0 radical (unpaired) electrons. The van der Waals surface area contributed by atoms with E-state index in [-0.39, 0.29) is 78.1 Å². The number of nitro benzene ring substituents is 3. The van der Waals surface area contributed by atoms with Crippen molar-refractivity contribution in [3.05, 3.63) is 347 Å². The van der Waals surface area contributed by atoms with E-state index >= 15 is 0 Å². The molecule has 11 rings (SSSR count). The predicted molar refractivity (Wildman–Crippen MR) is 447 cm³/mol. The number of hydrogen-bond acceptors (Lipinski definition) is 15. The molecule has 0 unspecified atom stereocenters. The van der Waals surface area contributed by atoms with Crippen LogP contribution in [0, 0.1) is 30.3 Å². The third-order valence-corrected chi connectivity index (χ3v) is 14.9. The van der Waals surface area contributed by atoms with Gasteiger partial charge in [-0.25, -0.2) is 0 Å². The predicted octanol–water partition coefficient (Wildman–Crippen LogP) is 23.1. The molecule has 0 aliphatic heterocycles. The van der Waals surface area contributed by atoms with Gasteiger partial charge in [0.05, 0.1) is 14.8 Å². The van der Waals surface area contributed by atoms with E-state index in [0.717, 1.165) is 67.0 Å². The summed E-state index contributed by atoms with van der Waals surface area (Å²) < 4.78 is 0. The van der Waals surface area contributed by atoms with Crippen LogP contribution in [0.15, 0.2) is 267 Å². The summed E-state index contributed by atoms with van der Waals surface area (Å²) in [7, 11) is 0. The van der Waals surface area contributed by atoms with Gasteiger partial charge in [-0.15, -0.1) is 0 Å². The van der Waals surface area contributed by atoms with Crippen LogP contribution in [0.5, 0.6) is 0 Å². The van der Waals surface area contributed by atoms with Crippen LogP contribution in [-0.2, 0) is 45.2 Å². The fourth-order valence-corrected chi connectivity index (χ4v) is 9.48. The van der Waals surface area contributed by atoms with E-state index in [0.29, 0.717) is 46.5 Å². The Labute approximate surface area is 660 Å². The van der Waals surface area contributed by atoms with Crippen molar-refractivity contribution in [1.82, 2.24) is 0 Å². The van der Waals surface area contributed by atoms with Crippen molar-refractivity contribution in [3.63, 3.8) is 0 Å². The van der Waals surface area contributed by atoms with Gasteiger partial charge in [0.15, 0.2) is 23.1 Å². The zero-order valence-corrected chi connectivity index (χ0v) is 68.7. The molecule has 0 spiro atoms.